The van der Waals surface area contributed by atoms with Crippen molar-refractivity contribution in [2.24, 2.45) is 0 Å². The van der Waals surface area contributed by atoms with Crippen LogP contribution in [0.3, 0.4) is 0 Å². The Morgan fingerprint density at radius 2 is 0.895 bits per heavy atom. The molecule has 0 aliphatic carbocycles. The van der Waals surface area contributed by atoms with Gasteiger partial charge in [-0.2, -0.15) is 0 Å². The molecule has 0 saturated heterocycles. The van der Waals surface area contributed by atoms with Crippen LogP contribution in [-0.4, -0.2) is 14.4 Å². The lowest BCUT2D eigenvalue weighted by molar-refractivity contribution is 0.257. The van der Waals surface area contributed by atoms with Crippen LogP contribution in [0.25, 0.3) is 0 Å². The SMILES string of the molecule is OC(I)(I)C(I)(I)C(I)(I)C(I)(I)C(I)(I)C(I)I. The second kappa shape index (κ2) is 10.2. The highest BCUT2D eigenvalue weighted by Gasteiger charge is 2.70. The summed E-state index contributed by atoms with van der Waals surface area (Å²) in [6, 6.07) is 0. The normalized spacial score (nSPS) is 16.1. The van der Waals surface area contributed by atoms with Crippen LogP contribution in [0.2, 0.25) is 0 Å². The molecule has 0 aromatic rings. The van der Waals surface area contributed by atoms with Gasteiger partial charge in [0.1, 0.15) is 5.71 Å². The molecule has 0 aromatic heterocycles. The van der Waals surface area contributed by atoms with E-state index in [0.29, 0.717) is 1.93 Å². The lowest BCUT2D eigenvalue weighted by atomic mass is 10.2. The topological polar surface area (TPSA) is 20.2 Å². The standard InChI is InChI=1S/C6H2I12O/c7-1(8)2(9,10)3(11,12)4(13,14)5(15,16)6(17,18)19/h1,19H. The van der Waals surface area contributed by atoms with Crippen LogP contribution in [0.15, 0.2) is 0 Å². The average Bonchev–Trinajstić information content (AvgIpc) is 2.14. The summed E-state index contributed by atoms with van der Waals surface area (Å²) in [6.07, 6.45) is 0. The van der Waals surface area contributed by atoms with Gasteiger partial charge in [0, 0.05) is 0 Å². The monoisotopic (exact) mass is 1610 g/mol. The zero-order chi connectivity index (χ0) is 16.1. The second-order valence-electron chi connectivity index (χ2n) is 3.19. The maximum absolute atomic E-state index is 10.6. The average molecular weight is 1610 g/mol. The van der Waals surface area contributed by atoms with Gasteiger partial charge in [-0.25, -0.2) is 0 Å². The number of halogens is 12. The number of hydrogen-bond donors (Lipinski definition) is 1. The Kier molecular flexibility index (Phi) is 14.8. The van der Waals surface area contributed by atoms with Gasteiger partial charge < -0.3 is 5.11 Å². The fourth-order valence-electron chi connectivity index (χ4n) is 0.732. The van der Waals surface area contributed by atoms with Crippen LogP contribution in [0.1, 0.15) is 0 Å². The smallest absolute Gasteiger partial charge is 0.192 e. The Morgan fingerprint density at radius 3 is 1.11 bits per heavy atom. The van der Waals surface area contributed by atoms with E-state index in [9.17, 15) is 5.11 Å². The fourth-order valence-corrected chi connectivity index (χ4v) is 15.7. The van der Waals surface area contributed by atoms with Crippen molar-refractivity contribution < 1.29 is 5.11 Å². The van der Waals surface area contributed by atoms with E-state index >= 15 is 0 Å². The largest absolute Gasteiger partial charge is 0.369 e. The molecule has 0 aliphatic rings. The first-order valence-electron chi connectivity index (χ1n) is 3.84. The minimum absolute atomic E-state index is 0.0489. The number of alkyl halides is 12. The molecule has 116 valence electrons. The third-order valence-electron chi connectivity index (χ3n) is 1.86. The molecule has 0 atom stereocenters. The van der Waals surface area contributed by atoms with Gasteiger partial charge in [-0.15, -0.1) is 0 Å². The van der Waals surface area contributed by atoms with Crippen LogP contribution in [-0.2, 0) is 0 Å². The van der Waals surface area contributed by atoms with E-state index in [2.05, 4.69) is 271 Å². The Bertz CT molecular complexity index is 328. The maximum Gasteiger partial charge on any atom is 0.192 e. The van der Waals surface area contributed by atoms with Crippen molar-refractivity contribution >= 4 is 271 Å². The summed E-state index contributed by atoms with van der Waals surface area (Å²) in [5.74, 6) is 0. The van der Waals surface area contributed by atoms with Crippen LogP contribution < -0.4 is 0 Å². The molecule has 0 heterocycles. The number of aliphatic hydroxyl groups is 1. The predicted molar refractivity (Wildman–Crippen MR) is 188 cm³/mol. The zero-order valence-corrected chi connectivity index (χ0v) is 34.0. The molecule has 0 amide bonds. The van der Waals surface area contributed by atoms with E-state index in [0.717, 1.165) is 0 Å². The molecule has 0 radical (unpaired) electrons. The van der Waals surface area contributed by atoms with Crippen LogP contribution in [0, 0.1) is 0 Å². The van der Waals surface area contributed by atoms with Crippen molar-refractivity contribution in [1.29, 1.82) is 0 Å². The Labute approximate surface area is 277 Å². The summed E-state index contributed by atoms with van der Waals surface area (Å²) < 4.78 is -0.856. The van der Waals surface area contributed by atoms with Crippen LogP contribution in [0.5, 0.6) is 0 Å². The van der Waals surface area contributed by atoms with E-state index in [1.165, 1.54) is 0 Å². The highest BCUT2D eigenvalue weighted by atomic mass is 127. The molecule has 0 saturated carbocycles. The summed E-state index contributed by atoms with van der Waals surface area (Å²) in [4.78, 5) is 0. The van der Waals surface area contributed by atoms with Gasteiger partial charge in [0.2, 0.25) is 0 Å². The fraction of sp³-hybridized carbons (Fsp3) is 1.00. The van der Waals surface area contributed by atoms with Crippen LogP contribution >= 0.6 is 271 Å². The Hall–Kier alpha value is 8.72. The van der Waals surface area contributed by atoms with Gasteiger partial charge in [0.15, 0.2) is 1.61 Å². The lowest BCUT2D eigenvalue weighted by Gasteiger charge is -2.52. The second-order valence-corrected chi connectivity index (χ2v) is 34.6. The van der Waals surface area contributed by atoms with Crippen molar-refractivity contribution in [3.8, 4) is 0 Å². The minimum atomic E-state index is -0.830. The third kappa shape index (κ3) is 6.35. The van der Waals surface area contributed by atoms with E-state index in [1.807, 2.05) is 0 Å². The molecule has 0 rings (SSSR count). The van der Waals surface area contributed by atoms with Crippen molar-refractivity contribution in [2.75, 3.05) is 0 Å². The van der Waals surface area contributed by atoms with E-state index in [1.54, 1.807) is 0 Å². The van der Waals surface area contributed by atoms with Crippen molar-refractivity contribution in [3.05, 3.63) is 0 Å². The molecule has 0 spiro atoms. The van der Waals surface area contributed by atoms with Crippen molar-refractivity contribution in [3.63, 3.8) is 0 Å². The first-order chi connectivity index (χ1) is 7.94. The lowest BCUT2D eigenvalue weighted by Crippen LogP contribution is -2.61. The summed E-state index contributed by atoms with van der Waals surface area (Å²) in [5, 5.41) is 10.6. The molecule has 0 aliphatic heterocycles. The van der Waals surface area contributed by atoms with Crippen molar-refractivity contribution in [2.45, 2.75) is 9.26 Å². The maximum atomic E-state index is 10.6. The zero-order valence-electron chi connectivity index (χ0n) is 8.06. The summed E-state index contributed by atoms with van der Waals surface area (Å²) in [7, 11) is 0. The first kappa shape index (κ1) is 27.7. The molecule has 1 nitrogen and oxygen atoms in total. The molecular formula is C6H2I12O. The first-order valence-corrected chi connectivity index (χ1v) is 17.1. The van der Waals surface area contributed by atoms with E-state index < -0.39 is 1.61 Å². The molecule has 0 unspecified atom stereocenters. The third-order valence-corrected chi connectivity index (χ3v) is 39.2. The Morgan fingerprint density at radius 1 is 0.579 bits per heavy atom. The molecule has 0 aromatic carbocycles. The summed E-state index contributed by atoms with van der Waals surface area (Å²) in [5.41, 5.74) is 0. The molecule has 0 bridgehead atoms. The Balaban J connectivity index is 5.92. The predicted octanol–water partition coefficient (Wildman–Crippen LogP) is 8.96. The quantitative estimate of drug-likeness (QED) is 0.216. The van der Waals surface area contributed by atoms with E-state index in [-0.39, 0.29) is 5.71 Å². The number of rotatable bonds is 5. The van der Waals surface area contributed by atoms with Crippen molar-refractivity contribution in [1.82, 2.24) is 0 Å². The van der Waals surface area contributed by atoms with Gasteiger partial charge >= 0.3 is 0 Å². The highest BCUT2D eigenvalue weighted by Crippen LogP contribution is 2.73. The highest BCUT2D eigenvalue weighted by molar-refractivity contribution is 14.2. The van der Waals surface area contributed by atoms with Gasteiger partial charge in [-0.3, -0.25) is 0 Å². The minimum Gasteiger partial charge on any atom is -0.369 e. The molecule has 19 heavy (non-hydrogen) atoms. The van der Waals surface area contributed by atoms with Gasteiger partial charge in [0.25, 0.3) is 0 Å². The molecular weight excluding hydrogens is 1610 g/mol. The number of hydrogen-bond acceptors (Lipinski definition) is 1. The summed E-state index contributed by atoms with van der Waals surface area (Å²) >= 11 is 29.3. The molecule has 13 heteroatoms. The van der Waals surface area contributed by atoms with Crippen LogP contribution in [0.4, 0.5) is 0 Å². The summed E-state index contributed by atoms with van der Waals surface area (Å²) in [6.45, 7) is 0. The molecule has 1 N–H and O–H groups in total. The van der Waals surface area contributed by atoms with Gasteiger partial charge in [-0.1, -0.05) is 226 Å². The van der Waals surface area contributed by atoms with Gasteiger partial charge in [-0.05, 0) is 45.2 Å². The van der Waals surface area contributed by atoms with E-state index in [4.69, 9.17) is 0 Å². The molecule has 0 fully saturated rings. The van der Waals surface area contributed by atoms with Gasteiger partial charge in [0.05, 0.1) is 1.93 Å².